The van der Waals surface area contributed by atoms with Crippen LogP contribution in [-0.4, -0.2) is 30.6 Å². The van der Waals surface area contributed by atoms with Crippen molar-refractivity contribution in [2.24, 2.45) is 0 Å². The molecule has 1 heterocycles. The van der Waals surface area contributed by atoms with Crippen LogP contribution in [0, 0.1) is 0 Å². The molecule has 1 fully saturated rings. The van der Waals surface area contributed by atoms with Gasteiger partial charge in [0.25, 0.3) is 0 Å². The Hall–Kier alpha value is -0.740. The van der Waals surface area contributed by atoms with E-state index in [2.05, 4.69) is 33.1 Å². The first-order chi connectivity index (χ1) is 8.65. The molecule has 1 aromatic rings. The van der Waals surface area contributed by atoms with Crippen molar-refractivity contribution in [2.75, 3.05) is 30.7 Å². The Balaban J connectivity index is 1.87. The number of nitrogens with zero attached hydrogens (tertiary/aromatic N) is 1. The van der Waals surface area contributed by atoms with Crippen molar-refractivity contribution >= 4 is 27.3 Å². The number of rotatable bonds is 4. The Labute approximate surface area is 118 Å². The van der Waals surface area contributed by atoms with E-state index in [1.807, 2.05) is 18.2 Å². The first-order valence-corrected chi connectivity index (χ1v) is 7.48. The first-order valence-electron chi connectivity index (χ1n) is 6.69. The lowest BCUT2D eigenvalue weighted by molar-refractivity contribution is 0.223. The number of hydrogen-bond donors (Lipinski definition) is 2. The molecule has 4 heteroatoms. The van der Waals surface area contributed by atoms with Gasteiger partial charge in [0.1, 0.15) is 0 Å². The normalized spacial score (nSPS) is 18.6. The summed E-state index contributed by atoms with van der Waals surface area (Å²) < 4.78 is 1.04. The number of nitrogens with two attached hydrogens (primary N) is 1. The predicted molar refractivity (Wildman–Crippen MR) is 81.9 cm³/mol. The van der Waals surface area contributed by atoms with Gasteiger partial charge in [0, 0.05) is 28.4 Å². The zero-order chi connectivity index (χ0) is 13.0. The van der Waals surface area contributed by atoms with Crippen LogP contribution in [0.2, 0.25) is 0 Å². The summed E-state index contributed by atoms with van der Waals surface area (Å²) in [6.45, 7) is 5.83. The minimum absolute atomic E-state index is 0.447. The Kier molecular flexibility index (Phi) is 4.89. The van der Waals surface area contributed by atoms with Crippen LogP contribution in [0.15, 0.2) is 22.7 Å². The number of anilines is 2. The third kappa shape index (κ3) is 3.89. The molecular weight excluding hydrogens is 290 g/mol. The summed E-state index contributed by atoms with van der Waals surface area (Å²) in [7, 11) is 0. The van der Waals surface area contributed by atoms with Gasteiger partial charge in [-0.25, -0.2) is 0 Å². The second-order valence-corrected chi connectivity index (χ2v) is 6.00. The summed E-state index contributed by atoms with van der Waals surface area (Å²) in [4.78, 5) is 2.55. The number of hydrogen-bond acceptors (Lipinski definition) is 3. The third-order valence-corrected chi connectivity index (χ3v) is 4.03. The second-order valence-electron chi connectivity index (χ2n) is 5.15. The molecule has 1 aromatic carbocycles. The second kappa shape index (κ2) is 6.43. The van der Waals surface area contributed by atoms with Crippen LogP contribution in [-0.2, 0) is 0 Å². The zero-order valence-corrected chi connectivity index (χ0v) is 12.5. The molecule has 100 valence electrons. The van der Waals surface area contributed by atoms with Gasteiger partial charge in [-0.15, -0.1) is 0 Å². The van der Waals surface area contributed by atoms with Gasteiger partial charge in [0.15, 0.2) is 0 Å². The molecule has 3 nitrogen and oxygen atoms in total. The maximum atomic E-state index is 5.74. The topological polar surface area (TPSA) is 41.3 Å². The van der Waals surface area contributed by atoms with Crippen LogP contribution in [0.1, 0.15) is 26.2 Å². The maximum Gasteiger partial charge on any atom is 0.0488 e. The number of nitrogen functional groups attached to an aromatic ring is 1. The summed E-state index contributed by atoms with van der Waals surface area (Å²) in [5.41, 5.74) is 7.65. The number of halogens is 1. The summed E-state index contributed by atoms with van der Waals surface area (Å²) >= 11 is 3.54. The smallest absolute Gasteiger partial charge is 0.0488 e. The number of piperidine rings is 1. The van der Waals surface area contributed by atoms with Crippen molar-refractivity contribution in [2.45, 2.75) is 32.2 Å². The molecule has 1 aliphatic rings. The van der Waals surface area contributed by atoms with E-state index in [1.165, 1.54) is 32.4 Å². The van der Waals surface area contributed by atoms with E-state index in [4.69, 9.17) is 5.73 Å². The molecule has 18 heavy (non-hydrogen) atoms. The Morgan fingerprint density at radius 3 is 2.72 bits per heavy atom. The molecule has 0 bridgehead atoms. The summed E-state index contributed by atoms with van der Waals surface area (Å²) in [6.07, 6.45) is 4.08. The molecule has 0 aliphatic carbocycles. The molecule has 1 atom stereocenters. The van der Waals surface area contributed by atoms with E-state index in [0.717, 1.165) is 22.4 Å². The van der Waals surface area contributed by atoms with Crippen LogP contribution in [0.5, 0.6) is 0 Å². The van der Waals surface area contributed by atoms with Crippen molar-refractivity contribution in [3.63, 3.8) is 0 Å². The molecule has 0 radical (unpaired) electrons. The average molecular weight is 312 g/mol. The van der Waals surface area contributed by atoms with Crippen LogP contribution in [0.4, 0.5) is 11.4 Å². The monoisotopic (exact) mass is 311 g/mol. The highest BCUT2D eigenvalue weighted by Gasteiger charge is 2.13. The Bertz CT molecular complexity index is 389. The maximum absolute atomic E-state index is 5.74. The van der Waals surface area contributed by atoms with E-state index in [0.29, 0.717) is 6.04 Å². The molecule has 1 saturated heterocycles. The van der Waals surface area contributed by atoms with Gasteiger partial charge in [-0.2, -0.15) is 0 Å². The predicted octanol–water partition coefficient (Wildman–Crippen LogP) is 3.32. The quantitative estimate of drug-likeness (QED) is 0.838. The van der Waals surface area contributed by atoms with Crippen molar-refractivity contribution < 1.29 is 0 Å². The van der Waals surface area contributed by atoms with E-state index in [1.54, 1.807) is 0 Å². The fourth-order valence-electron chi connectivity index (χ4n) is 2.49. The molecule has 0 aromatic heterocycles. The summed E-state index contributed by atoms with van der Waals surface area (Å²) in [5.74, 6) is 0. The highest BCUT2D eigenvalue weighted by atomic mass is 79.9. The molecule has 0 amide bonds. The Morgan fingerprint density at radius 1 is 1.33 bits per heavy atom. The van der Waals surface area contributed by atoms with Crippen LogP contribution >= 0.6 is 15.9 Å². The molecule has 2 rings (SSSR count). The fourth-order valence-corrected chi connectivity index (χ4v) is 3.00. The molecule has 0 spiro atoms. The fraction of sp³-hybridized carbons (Fsp3) is 0.571. The summed E-state index contributed by atoms with van der Waals surface area (Å²) in [6, 6.07) is 6.35. The van der Waals surface area contributed by atoms with E-state index >= 15 is 0 Å². The van der Waals surface area contributed by atoms with E-state index < -0.39 is 0 Å². The molecule has 0 saturated carbocycles. The zero-order valence-electron chi connectivity index (χ0n) is 11.0. The minimum Gasteiger partial charge on any atom is -0.399 e. The first kappa shape index (κ1) is 13.7. The van der Waals surface area contributed by atoms with Crippen molar-refractivity contribution in [3.05, 3.63) is 22.7 Å². The SMILES string of the molecule is CC(CN1CCCCC1)Nc1ccc(N)cc1Br. The lowest BCUT2D eigenvalue weighted by atomic mass is 10.1. The third-order valence-electron chi connectivity index (χ3n) is 3.38. The van der Waals surface area contributed by atoms with Gasteiger partial charge in [-0.05, 0) is 67.0 Å². The van der Waals surface area contributed by atoms with Gasteiger partial charge in [-0.1, -0.05) is 6.42 Å². The van der Waals surface area contributed by atoms with Gasteiger partial charge in [-0.3, -0.25) is 0 Å². The number of benzene rings is 1. The number of nitrogens with one attached hydrogen (secondary N) is 1. The van der Waals surface area contributed by atoms with Crippen LogP contribution in [0.25, 0.3) is 0 Å². The lowest BCUT2D eigenvalue weighted by Crippen LogP contribution is -2.38. The van der Waals surface area contributed by atoms with Crippen molar-refractivity contribution in [3.8, 4) is 0 Å². The highest BCUT2D eigenvalue weighted by molar-refractivity contribution is 9.10. The molecule has 1 aliphatic heterocycles. The van der Waals surface area contributed by atoms with Gasteiger partial charge >= 0.3 is 0 Å². The van der Waals surface area contributed by atoms with Crippen molar-refractivity contribution in [1.29, 1.82) is 0 Å². The molecule has 3 N–H and O–H groups in total. The summed E-state index contributed by atoms with van der Waals surface area (Å²) in [5, 5.41) is 3.54. The molecule has 1 unspecified atom stereocenters. The minimum atomic E-state index is 0.447. The van der Waals surface area contributed by atoms with Crippen molar-refractivity contribution in [1.82, 2.24) is 4.90 Å². The van der Waals surface area contributed by atoms with E-state index in [9.17, 15) is 0 Å². The highest BCUT2D eigenvalue weighted by Crippen LogP contribution is 2.25. The molecular formula is C14H22BrN3. The number of likely N-dealkylation sites (tertiary alicyclic amines) is 1. The van der Waals surface area contributed by atoms with E-state index in [-0.39, 0.29) is 0 Å². The van der Waals surface area contributed by atoms with Crippen LogP contribution in [0.3, 0.4) is 0 Å². The average Bonchev–Trinajstić information content (AvgIpc) is 2.34. The Morgan fingerprint density at radius 2 is 2.06 bits per heavy atom. The standard InChI is InChI=1S/C14H22BrN3/c1-11(10-18-7-3-2-4-8-18)17-14-6-5-12(16)9-13(14)15/h5-6,9,11,17H,2-4,7-8,10,16H2,1H3. The lowest BCUT2D eigenvalue weighted by Gasteiger charge is -2.29. The van der Waals surface area contributed by atoms with Gasteiger partial charge < -0.3 is 16.0 Å². The van der Waals surface area contributed by atoms with Crippen LogP contribution < -0.4 is 11.1 Å². The van der Waals surface area contributed by atoms with Gasteiger partial charge in [0.05, 0.1) is 0 Å². The largest absolute Gasteiger partial charge is 0.399 e. The van der Waals surface area contributed by atoms with Gasteiger partial charge in [0.2, 0.25) is 0 Å².